The summed E-state index contributed by atoms with van der Waals surface area (Å²) in [5, 5.41) is 8.75. The minimum absolute atomic E-state index is 0.389. The lowest BCUT2D eigenvalue weighted by Gasteiger charge is -2.20. The molecule has 0 bridgehead atoms. The second-order valence-corrected chi connectivity index (χ2v) is 2.67. The summed E-state index contributed by atoms with van der Waals surface area (Å²) in [6.07, 6.45) is 0.810. The Kier molecular flexibility index (Phi) is 0.872. The summed E-state index contributed by atoms with van der Waals surface area (Å²) < 4.78 is 71.2. The van der Waals surface area contributed by atoms with Gasteiger partial charge in [-0.3, -0.25) is 0 Å². The molecule has 4 heteroatoms. The fraction of sp³-hybridized carbons (Fsp3) is 0.444. The van der Waals surface area contributed by atoms with E-state index in [0.29, 0.717) is 0 Å². The van der Waals surface area contributed by atoms with Crippen molar-refractivity contribution in [3.8, 4) is 11.6 Å². The van der Waals surface area contributed by atoms with Gasteiger partial charge in [-0.15, -0.1) is 0 Å². The molecule has 1 heterocycles. The first-order chi connectivity index (χ1) is 9.63. The van der Waals surface area contributed by atoms with E-state index in [0.717, 1.165) is 12.3 Å². The summed E-state index contributed by atoms with van der Waals surface area (Å²) in [6.45, 7) is -10.6. The number of hydrogen-bond donors (Lipinski definition) is 1. The molecule has 0 amide bonds. The molecule has 1 rings (SSSR count). The monoisotopic (exact) mass is 210 g/mol. The normalized spacial score (nSPS) is 24.5. The molecule has 0 radical (unpaired) electrons. The van der Waals surface area contributed by atoms with Crippen LogP contribution in [0.5, 0.6) is 11.6 Å². The molecule has 0 fully saturated rings. The fourth-order valence-electron chi connectivity index (χ4n) is 0.635. The number of aromatic nitrogens is 1. The van der Waals surface area contributed by atoms with Crippen LogP contribution in [0.25, 0.3) is 0 Å². The van der Waals surface area contributed by atoms with E-state index in [1.54, 1.807) is 0 Å². The highest BCUT2D eigenvalue weighted by atomic mass is 35.5. The summed E-state index contributed by atoms with van der Waals surface area (Å²) in [4.78, 5) is 3.45. The van der Waals surface area contributed by atoms with Crippen molar-refractivity contribution in [3.63, 3.8) is 0 Å². The molecule has 0 unspecified atom stereocenters. The Labute approximate surface area is 95.0 Å². The third-order valence-electron chi connectivity index (χ3n) is 1.04. The lowest BCUT2D eigenvalue weighted by molar-refractivity contribution is 0.124. The highest BCUT2D eigenvalue weighted by Crippen LogP contribution is 2.27. The van der Waals surface area contributed by atoms with E-state index in [2.05, 4.69) is 4.98 Å². The Hall–Kier alpha value is -0.960. The number of nitrogens with zero attached hydrogens (tertiary/aromatic N) is 1. The van der Waals surface area contributed by atoms with Gasteiger partial charge < -0.3 is 9.84 Å². The molecule has 0 aromatic carbocycles. The first-order valence-electron chi connectivity index (χ1n) is 7.67. The van der Waals surface area contributed by atoms with E-state index in [-0.39, 0.29) is 5.75 Å². The Bertz CT molecular complexity index is 515. The van der Waals surface area contributed by atoms with Gasteiger partial charge in [-0.1, -0.05) is 11.6 Å². The van der Waals surface area contributed by atoms with Gasteiger partial charge in [-0.2, -0.15) is 0 Å². The minimum Gasteiger partial charge on any atom is -0.506 e. The second kappa shape index (κ2) is 3.42. The average Bonchev–Trinajstić information content (AvgIpc) is 2.22. The molecule has 3 nitrogen and oxygen atoms in total. The zero-order valence-electron chi connectivity index (χ0n) is 15.3. The highest BCUT2D eigenvalue weighted by molar-refractivity contribution is 6.31. The van der Waals surface area contributed by atoms with Crippen molar-refractivity contribution in [3.05, 3.63) is 17.3 Å². The Morgan fingerprint density at radius 3 is 2.85 bits per heavy atom. The van der Waals surface area contributed by atoms with E-state index in [4.69, 9.17) is 28.7 Å². The van der Waals surface area contributed by atoms with Crippen LogP contribution in [-0.2, 0) is 0 Å². The minimum atomic E-state index is -3.54. The van der Waals surface area contributed by atoms with Gasteiger partial charge in [0, 0.05) is 18.4 Å². The highest BCUT2D eigenvalue weighted by Gasteiger charge is 2.15. The first kappa shape index (κ1) is 3.31. The summed E-state index contributed by atoms with van der Waals surface area (Å²) >= 11 is 5.69. The maximum Gasteiger partial charge on any atom is 0.233 e. The van der Waals surface area contributed by atoms with Crippen molar-refractivity contribution in [2.45, 2.75) is 26.2 Å². The molecule has 1 aromatic rings. The molecule has 13 heavy (non-hydrogen) atoms. The molecule has 0 aliphatic rings. The van der Waals surface area contributed by atoms with E-state index < -0.39 is 37.1 Å². The van der Waals surface area contributed by atoms with Gasteiger partial charge in [0.2, 0.25) is 5.88 Å². The smallest absolute Gasteiger partial charge is 0.233 e. The van der Waals surface area contributed by atoms with Crippen molar-refractivity contribution in [1.82, 2.24) is 4.98 Å². The Morgan fingerprint density at radius 1 is 1.62 bits per heavy atom. The molecule has 1 N–H and O–H groups in total. The van der Waals surface area contributed by atoms with Crippen LogP contribution in [0.2, 0.25) is 5.02 Å². The van der Waals surface area contributed by atoms with Gasteiger partial charge in [0.1, 0.15) is 16.4 Å². The van der Waals surface area contributed by atoms with Crippen LogP contribution in [0.4, 0.5) is 0 Å². The Morgan fingerprint density at radius 2 is 2.31 bits per heavy atom. The summed E-state index contributed by atoms with van der Waals surface area (Å²) in [6, 6.07) is 0.910. The topological polar surface area (TPSA) is 42.4 Å². The summed E-state index contributed by atoms with van der Waals surface area (Å²) in [5.41, 5.74) is -3.53. The van der Waals surface area contributed by atoms with Crippen LogP contribution >= 0.6 is 11.6 Å². The molecule has 0 atom stereocenters. The first-order valence-corrected chi connectivity index (χ1v) is 3.55. The maximum atomic E-state index is 9.18. The number of ether oxygens (including phenoxy) is 1. The van der Waals surface area contributed by atoms with Crippen LogP contribution in [0, 0.1) is 0 Å². The molecule has 0 aliphatic heterocycles. The molecular weight excluding hydrogens is 190 g/mol. The molecule has 0 spiro atoms. The molecule has 1 aromatic heterocycles. The molecule has 72 valence electrons. The lowest BCUT2D eigenvalue weighted by atomic mass is 10.2. The van der Waals surface area contributed by atoms with E-state index in [9.17, 15) is 5.11 Å². The van der Waals surface area contributed by atoms with Crippen molar-refractivity contribution in [1.29, 1.82) is 0 Å². The fourth-order valence-corrected chi connectivity index (χ4v) is 0.835. The van der Waals surface area contributed by atoms with Crippen molar-refractivity contribution in [2.24, 2.45) is 0 Å². The number of hydrogen-bond acceptors (Lipinski definition) is 3. The SMILES string of the molecule is [2H]C([2H])([2H])C(Oc1ncc(O)cc1Cl)(C([2H])([2H])[2H])C([2H])([2H])[2H]. The maximum absolute atomic E-state index is 9.18. The predicted octanol–water partition coefficient (Wildman–Crippen LogP) is 2.62. The van der Waals surface area contributed by atoms with Gasteiger partial charge >= 0.3 is 0 Å². The molecule has 0 saturated carbocycles. The number of aromatic hydroxyl groups is 1. The summed E-state index contributed by atoms with van der Waals surface area (Å²) in [7, 11) is 0. The van der Waals surface area contributed by atoms with Crippen LogP contribution in [0.15, 0.2) is 12.3 Å². The standard InChI is InChI=1S/C9H12ClNO2/c1-9(2,3)13-8-7(10)4-6(12)5-11-8/h4-5,12H,1-3H3/i1D3,2D3,3D3. The number of pyridine rings is 1. The zero-order valence-corrected chi connectivity index (χ0v) is 7.09. The van der Waals surface area contributed by atoms with Gasteiger partial charge in [0.25, 0.3) is 0 Å². The quantitative estimate of drug-likeness (QED) is 0.775. The molecule has 0 saturated heterocycles. The van der Waals surface area contributed by atoms with Gasteiger partial charge in [-0.05, 0) is 20.6 Å². The Balaban J connectivity index is 3.58. The molecule has 0 aliphatic carbocycles. The van der Waals surface area contributed by atoms with Crippen LogP contribution in [0.1, 0.15) is 32.9 Å². The van der Waals surface area contributed by atoms with E-state index >= 15 is 0 Å². The van der Waals surface area contributed by atoms with Gasteiger partial charge in [-0.25, -0.2) is 4.98 Å². The van der Waals surface area contributed by atoms with Crippen LogP contribution in [-0.4, -0.2) is 15.7 Å². The lowest BCUT2D eigenvalue weighted by Crippen LogP contribution is -2.23. The van der Waals surface area contributed by atoms with Gasteiger partial charge in [0.15, 0.2) is 0 Å². The number of rotatable bonds is 1. The van der Waals surface area contributed by atoms with Crippen LogP contribution in [0.3, 0.4) is 0 Å². The van der Waals surface area contributed by atoms with Crippen LogP contribution < -0.4 is 4.74 Å². The summed E-state index contributed by atoms with van der Waals surface area (Å²) in [5.74, 6) is -1.11. The largest absolute Gasteiger partial charge is 0.506 e. The third kappa shape index (κ3) is 3.11. The zero-order chi connectivity index (χ0) is 17.6. The van der Waals surface area contributed by atoms with Crippen molar-refractivity contribution < 1.29 is 22.2 Å². The third-order valence-corrected chi connectivity index (χ3v) is 1.31. The van der Waals surface area contributed by atoms with E-state index in [1.165, 1.54) is 0 Å². The molecular formula is C9H12ClNO2. The average molecular weight is 211 g/mol. The van der Waals surface area contributed by atoms with E-state index in [1.807, 2.05) is 0 Å². The van der Waals surface area contributed by atoms with Gasteiger partial charge in [0.05, 0.1) is 6.20 Å². The second-order valence-electron chi connectivity index (χ2n) is 2.26. The number of halogens is 1. The predicted molar refractivity (Wildman–Crippen MR) is 51.3 cm³/mol. The van der Waals surface area contributed by atoms with Crippen molar-refractivity contribution >= 4 is 11.6 Å². The van der Waals surface area contributed by atoms with Crippen molar-refractivity contribution in [2.75, 3.05) is 0 Å².